The summed E-state index contributed by atoms with van der Waals surface area (Å²) in [5.74, 6) is -3.82. The fourth-order valence-corrected chi connectivity index (χ4v) is 6.33. The summed E-state index contributed by atoms with van der Waals surface area (Å²) in [4.78, 5) is 23.9. The molecule has 0 aromatic rings. The molecule has 230 valence electrons. The highest BCUT2D eigenvalue weighted by Gasteiger charge is 2.47. The lowest BCUT2D eigenvalue weighted by molar-refractivity contribution is -0.328. The van der Waals surface area contributed by atoms with Gasteiger partial charge in [-0.3, -0.25) is 4.55 Å². The Hall–Kier alpha value is -1.23. The zero-order valence-electron chi connectivity index (χ0n) is 24.9. The number of unbranched alkanes of at least 4 members (excludes halogenated alkanes) is 18. The van der Waals surface area contributed by atoms with Gasteiger partial charge in [-0.25, -0.2) is 0 Å². The van der Waals surface area contributed by atoms with Crippen LogP contribution in [0.3, 0.4) is 0 Å². The lowest BCUT2D eigenvalue weighted by Crippen LogP contribution is -2.59. The molecule has 9 nitrogen and oxygen atoms in total. The van der Waals surface area contributed by atoms with E-state index >= 15 is 0 Å². The molecule has 0 saturated heterocycles. The molecule has 0 rings (SSSR count). The Balaban J connectivity index is -0.00000612. The predicted octanol–water partition coefficient (Wildman–Crippen LogP) is 6.10. The van der Waals surface area contributed by atoms with Gasteiger partial charge in [0.15, 0.2) is 0 Å². The van der Waals surface area contributed by atoms with Gasteiger partial charge in [-0.15, -0.1) is 0 Å². The molecule has 0 aromatic carbocycles. The van der Waals surface area contributed by atoms with Gasteiger partial charge in [0.25, 0.3) is 10.1 Å². The Morgan fingerprint density at radius 1 is 0.605 bits per heavy atom. The molecule has 1 atom stereocenters. The van der Waals surface area contributed by atoms with Crippen molar-refractivity contribution in [2.45, 2.75) is 160 Å². The number of quaternary nitrogens is 2. The van der Waals surface area contributed by atoms with Gasteiger partial charge < -0.3 is 32.1 Å². The highest BCUT2D eigenvalue weighted by atomic mass is 32.2. The standard InChI is InChI=1S/C28H54O7S.2H3N/c1-3-5-7-9-11-13-15-17-19-21-23-28(27(31)32,25(26(29)30)36(33,34)35)24-22-20-18-16-14-12-10-8-6-4-2;;/h25H,3-24H2,1-2H3,(H,29,30)(H,31,32)(H,33,34,35);2*1H3. The maximum absolute atomic E-state index is 12.2. The summed E-state index contributed by atoms with van der Waals surface area (Å²) in [5.41, 5.74) is -2.19. The molecule has 0 saturated carbocycles. The lowest BCUT2D eigenvalue weighted by atomic mass is 9.74. The van der Waals surface area contributed by atoms with Crippen molar-refractivity contribution in [1.82, 2.24) is 12.3 Å². The largest absolute Gasteiger partial charge is 0.549 e. The first kappa shape index (κ1) is 41.3. The van der Waals surface area contributed by atoms with Crippen molar-refractivity contribution in [3.05, 3.63) is 0 Å². The summed E-state index contributed by atoms with van der Waals surface area (Å²) in [5, 5.41) is 21.4. The zero-order valence-corrected chi connectivity index (χ0v) is 25.8. The summed E-state index contributed by atoms with van der Waals surface area (Å²) in [7, 11) is -5.17. The molecule has 0 heterocycles. The fourth-order valence-electron chi connectivity index (χ4n) is 5.19. The lowest BCUT2D eigenvalue weighted by Gasteiger charge is -2.40. The number of carboxylic acids is 2. The van der Waals surface area contributed by atoms with Crippen LogP contribution in [0.4, 0.5) is 0 Å². The van der Waals surface area contributed by atoms with Crippen molar-refractivity contribution in [2.24, 2.45) is 5.41 Å². The van der Waals surface area contributed by atoms with Gasteiger partial charge in [-0.2, -0.15) is 8.42 Å². The van der Waals surface area contributed by atoms with Crippen LogP contribution in [0.25, 0.3) is 0 Å². The minimum Gasteiger partial charge on any atom is -0.549 e. The van der Waals surface area contributed by atoms with Gasteiger partial charge >= 0.3 is 0 Å². The summed E-state index contributed by atoms with van der Waals surface area (Å²) < 4.78 is 33.5. The van der Waals surface area contributed by atoms with Crippen molar-refractivity contribution in [3.8, 4) is 0 Å². The van der Waals surface area contributed by atoms with Crippen LogP contribution in [0.2, 0.25) is 0 Å². The van der Waals surface area contributed by atoms with Crippen LogP contribution in [0.1, 0.15) is 155 Å². The number of carboxylic acid groups (broad SMARTS) is 2. The van der Waals surface area contributed by atoms with Crippen LogP contribution >= 0.6 is 0 Å². The van der Waals surface area contributed by atoms with Gasteiger partial charge in [0.1, 0.15) is 5.25 Å². The van der Waals surface area contributed by atoms with Crippen LogP contribution < -0.4 is 22.5 Å². The smallest absolute Gasteiger partial charge is 0.274 e. The average molecular weight is 569 g/mol. The minimum atomic E-state index is -5.17. The Morgan fingerprint density at radius 3 is 1.08 bits per heavy atom. The fraction of sp³-hybridized carbons (Fsp3) is 0.929. The molecular weight excluding hydrogens is 508 g/mol. The Kier molecular flexibility index (Phi) is 26.9. The van der Waals surface area contributed by atoms with Gasteiger partial charge in [0.05, 0.1) is 5.97 Å². The van der Waals surface area contributed by atoms with E-state index in [4.69, 9.17) is 0 Å². The normalized spacial score (nSPS) is 12.4. The first-order valence-electron chi connectivity index (χ1n) is 14.5. The maximum atomic E-state index is 12.2. The van der Waals surface area contributed by atoms with Crippen molar-refractivity contribution >= 4 is 22.1 Å². The monoisotopic (exact) mass is 568 g/mol. The maximum Gasteiger partial charge on any atom is 0.274 e. The van der Waals surface area contributed by atoms with Gasteiger partial charge in [0, 0.05) is 11.4 Å². The molecular formula is C28H60N2O7S. The van der Waals surface area contributed by atoms with E-state index in [0.29, 0.717) is 25.7 Å². The van der Waals surface area contributed by atoms with E-state index in [0.717, 1.165) is 51.4 Å². The average Bonchev–Trinajstić information content (AvgIpc) is 2.79. The topological polar surface area (TPSA) is 208 Å². The van der Waals surface area contributed by atoms with Crippen LogP contribution in [-0.4, -0.2) is 30.2 Å². The molecule has 1 unspecified atom stereocenters. The van der Waals surface area contributed by atoms with Crippen molar-refractivity contribution in [1.29, 1.82) is 0 Å². The molecule has 0 fully saturated rings. The molecule has 0 radical (unpaired) electrons. The second-order valence-electron chi connectivity index (χ2n) is 10.5. The predicted molar refractivity (Wildman–Crippen MR) is 153 cm³/mol. The minimum absolute atomic E-state index is 0. The van der Waals surface area contributed by atoms with E-state index in [1.54, 1.807) is 0 Å². The van der Waals surface area contributed by atoms with Crippen molar-refractivity contribution in [2.75, 3.05) is 0 Å². The number of carbonyl (C=O) groups excluding carboxylic acids is 2. The zero-order chi connectivity index (χ0) is 27.3. The third-order valence-corrected chi connectivity index (χ3v) is 8.61. The van der Waals surface area contributed by atoms with E-state index in [2.05, 4.69) is 13.8 Å². The van der Waals surface area contributed by atoms with Crippen LogP contribution in [-0.2, 0) is 19.7 Å². The van der Waals surface area contributed by atoms with Gasteiger partial charge in [-0.1, -0.05) is 142 Å². The third kappa shape index (κ3) is 18.1. The Morgan fingerprint density at radius 2 is 0.868 bits per heavy atom. The Labute approximate surface area is 232 Å². The highest BCUT2D eigenvalue weighted by Crippen LogP contribution is 2.38. The second-order valence-corrected chi connectivity index (χ2v) is 12.0. The number of hydrogen-bond acceptors (Lipinski definition) is 6. The van der Waals surface area contributed by atoms with Crippen LogP contribution in [0.15, 0.2) is 0 Å². The van der Waals surface area contributed by atoms with Gasteiger partial charge in [-0.05, 0) is 12.8 Å². The molecule has 0 aliphatic rings. The first-order valence-corrected chi connectivity index (χ1v) is 16.0. The van der Waals surface area contributed by atoms with E-state index in [1.165, 1.54) is 51.4 Å². The number of hydrogen-bond donors (Lipinski definition) is 3. The Bertz CT molecular complexity index is 663. The summed E-state index contributed by atoms with van der Waals surface area (Å²) in [6.07, 6.45) is 19.8. The van der Waals surface area contributed by atoms with E-state index in [-0.39, 0.29) is 25.1 Å². The number of aliphatic carboxylic acids is 2. The number of rotatable bonds is 26. The molecule has 0 spiro atoms. The van der Waals surface area contributed by atoms with E-state index in [1.807, 2.05) is 0 Å². The highest BCUT2D eigenvalue weighted by molar-refractivity contribution is 7.87. The van der Waals surface area contributed by atoms with Crippen LogP contribution in [0, 0.1) is 5.41 Å². The quantitative estimate of drug-likeness (QED) is 0.0823. The molecule has 0 bridgehead atoms. The molecule has 0 aliphatic carbocycles. The second kappa shape index (κ2) is 24.8. The summed E-state index contributed by atoms with van der Waals surface area (Å²) in [6.45, 7) is 4.35. The molecule has 0 aromatic heterocycles. The first-order chi connectivity index (χ1) is 17.1. The third-order valence-electron chi connectivity index (χ3n) is 7.37. The van der Waals surface area contributed by atoms with Crippen LogP contribution in [0.5, 0.6) is 0 Å². The molecule has 0 amide bonds. The summed E-state index contributed by atoms with van der Waals surface area (Å²) in [6, 6.07) is 0. The SMILES string of the molecule is CCCCCCCCCCCCC(CCCCCCCCCCCC)(C(=O)[O-])C(C(=O)[O-])S(=O)(=O)O.[NH4+].[NH4+]. The van der Waals surface area contributed by atoms with Gasteiger partial charge in [0.2, 0.25) is 0 Å². The van der Waals surface area contributed by atoms with E-state index < -0.39 is 32.7 Å². The van der Waals surface area contributed by atoms with Crippen molar-refractivity contribution < 1.29 is 32.8 Å². The molecule has 38 heavy (non-hydrogen) atoms. The number of carbonyl (C=O) groups is 2. The summed E-state index contributed by atoms with van der Waals surface area (Å²) >= 11 is 0. The molecule has 9 N–H and O–H groups in total. The molecule has 0 aliphatic heterocycles. The molecule has 10 heteroatoms. The van der Waals surface area contributed by atoms with Crippen molar-refractivity contribution in [3.63, 3.8) is 0 Å². The van der Waals surface area contributed by atoms with E-state index in [9.17, 15) is 32.8 Å².